The highest BCUT2D eigenvalue weighted by atomic mass is 19.1. The van der Waals surface area contributed by atoms with Gasteiger partial charge in [-0.3, -0.25) is 4.79 Å². The van der Waals surface area contributed by atoms with Gasteiger partial charge in [0.2, 0.25) is 5.91 Å². The molecule has 0 bridgehead atoms. The van der Waals surface area contributed by atoms with E-state index in [2.05, 4.69) is 17.2 Å². The van der Waals surface area contributed by atoms with E-state index >= 15 is 0 Å². The minimum atomic E-state index is -0.465. The van der Waals surface area contributed by atoms with Gasteiger partial charge in [-0.2, -0.15) is 0 Å². The number of amides is 1. The molecule has 0 unspecified atom stereocenters. The van der Waals surface area contributed by atoms with Crippen LogP contribution in [0, 0.1) is 17.7 Å². The van der Waals surface area contributed by atoms with Crippen molar-refractivity contribution in [1.29, 1.82) is 0 Å². The Morgan fingerprint density at radius 3 is 2.24 bits per heavy atom. The van der Waals surface area contributed by atoms with Crippen LogP contribution < -0.4 is 14.8 Å². The van der Waals surface area contributed by atoms with E-state index in [4.69, 9.17) is 9.47 Å². The quantitative estimate of drug-likeness (QED) is 0.681. The molecule has 0 radical (unpaired) electrons. The van der Waals surface area contributed by atoms with Crippen LogP contribution in [0.1, 0.15) is 17.0 Å². The van der Waals surface area contributed by atoms with Gasteiger partial charge in [0.05, 0.1) is 12.5 Å². The van der Waals surface area contributed by atoms with E-state index in [9.17, 15) is 9.18 Å². The molecule has 0 atom stereocenters. The van der Waals surface area contributed by atoms with Crippen molar-refractivity contribution in [3.8, 4) is 29.1 Å². The lowest BCUT2D eigenvalue weighted by molar-refractivity contribution is -0.121. The van der Waals surface area contributed by atoms with Gasteiger partial charge in [0.25, 0.3) is 0 Å². The number of para-hydroxylation sites is 3. The number of carbonyl (C=O) groups excluding carboxylic acids is 1. The summed E-state index contributed by atoms with van der Waals surface area (Å²) in [6.45, 7) is 0.209. The topological polar surface area (TPSA) is 47.6 Å². The molecule has 0 fully saturated rings. The van der Waals surface area contributed by atoms with E-state index in [-0.39, 0.29) is 24.8 Å². The van der Waals surface area contributed by atoms with Gasteiger partial charge in [0.1, 0.15) is 18.1 Å². The first kappa shape index (κ1) is 18.6. The van der Waals surface area contributed by atoms with Gasteiger partial charge in [-0.15, -0.1) is 0 Å². The average molecular weight is 387 g/mol. The van der Waals surface area contributed by atoms with Crippen LogP contribution in [-0.2, 0) is 4.79 Å². The van der Waals surface area contributed by atoms with Crippen LogP contribution in [0.25, 0.3) is 0 Å². The number of rotatable bonds is 4. The van der Waals surface area contributed by atoms with Crippen molar-refractivity contribution in [2.45, 2.75) is 5.92 Å². The Morgan fingerprint density at radius 2 is 1.55 bits per heavy atom. The normalized spacial score (nSPS) is 11.9. The van der Waals surface area contributed by atoms with E-state index in [0.717, 1.165) is 11.1 Å². The van der Waals surface area contributed by atoms with Crippen LogP contribution in [0.5, 0.6) is 17.2 Å². The molecule has 1 amide bonds. The van der Waals surface area contributed by atoms with Crippen molar-refractivity contribution in [2.75, 3.05) is 13.2 Å². The Labute approximate surface area is 168 Å². The van der Waals surface area contributed by atoms with Crippen LogP contribution in [-0.4, -0.2) is 19.1 Å². The van der Waals surface area contributed by atoms with Gasteiger partial charge in [0.15, 0.2) is 11.6 Å². The van der Waals surface area contributed by atoms with Crippen molar-refractivity contribution in [2.24, 2.45) is 0 Å². The standard InChI is InChI=1S/C24H18FNO3/c25-19-11-3-6-14-22(19)28-16-8-7-15-26-24(27)23-17-9-1-4-12-20(17)29-21-13-5-2-10-18(21)23/h1-6,9-14,23H,15-16H2,(H,26,27). The summed E-state index contributed by atoms with van der Waals surface area (Å²) in [4.78, 5) is 12.9. The fraction of sp³-hybridized carbons (Fsp3) is 0.125. The summed E-state index contributed by atoms with van der Waals surface area (Å²) in [6, 6.07) is 21.2. The molecule has 1 N–H and O–H groups in total. The maximum atomic E-state index is 13.5. The molecular weight excluding hydrogens is 369 g/mol. The molecule has 0 saturated heterocycles. The van der Waals surface area contributed by atoms with Gasteiger partial charge < -0.3 is 14.8 Å². The highest BCUT2D eigenvalue weighted by Crippen LogP contribution is 2.43. The second-order valence-corrected chi connectivity index (χ2v) is 6.40. The Balaban J connectivity index is 1.40. The van der Waals surface area contributed by atoms with E-state index in [0.29, 0.717) is 11.5 Å². The number of nitrogens with one attached hydrogen (secondary N) is 1. The second kappa shape index (κ2) is 8.49. The molecule has 4 nitrogen and oxygen atoms in total. The molecule has 4 rings (SSSR count). The smallest absolute Gasteiger partial charge is 0.233 e. The first-order valence-corrected chi connectivity index (χ1v) is 9.20. The lowest BCUT2D eigenvalue weighted by Gasteiger charge is -2.27. The fourth-order valence-corrected chi connectivity index (χ4v) is 3.21. The second-order valence-electron chi connectivity index (χ2n) is 6.40. The van der Waals surface area contributed by atoms with Crippen LogP contribution in [0.2, 0.25) is 0 Å². The summed E-state index contributed by atoms with van der Waals surface area (Å²) in [5.74, 6) is 6.07. The van der Waals surface area contributed by atoms with Crippen LogP contribution in [0.15, 0.2) is 72.8 Å². The number of hydrogen-bond donors (Lipinski definition) is 1. The number of hydrogen-bond acceptors (Lipinski definition) is 3. The van der Waals surface area contributed by atoms with Gasteiger partial charge in [0, 0.05) is 11.1 Å². The maximum Gasteiger partial charge on any atom is 0.233 e. The number of ether oxygens (including phenoxy) is 2. The molecule has 3 aromatic carbocycles. The summed E-state index contributed by atoms with van der Waals surface area (Å²) in [5.41, 5.74) is 1.64. The first-order valence-electron chi connectivity index (χ1n) is 9.20. The molecule has 0 aliphatic carbocycles. The zero-order chi connectivity index (χ0) is 20.1. The van der Waals surface area contributed by atoms with Crippen LogP contribution in [0.3, 0.4) is 0 Å². The van der Waals surface area contributed by atoms with Crippen molar-refractivity contribution in [3.63, 3.8) is 0 Å². The minimum Gasteiger partial charge on any atom is -0.478 e. The average Bonchev–Trinajstić information content (AvgIpc) is 2.75. The highest BCUT2D eigenvalue weighted by Gasteiger charge is 2.31. The summed E-state index contributed by atoms with van der Waals surface area (Å²) >= 11 is 0. The fourth-order valence-electron chi connectivity index (χ4n) is 3.21. The third kappa shape index (κ3) is 4.07. The molecule has 5 heteroatoms. The van der Waals surface area contributed by atoms with Gasteiger partial charge in [-0.1, -0.05) is 60.4 Å². The molecule has 1 aliphatic heterocycles. The molecule has 0 aromatic heterocycles. The van der Waals surface area contributed by atoms with Gasteiger partial charge >= 0.3 is 0 Å². The Bertz CT molecular complexity index is 1050. The van der Waals surface area contributed by atoms with E-state index in [1.807, 2.05) is 48.5 Å². The van der Waals surface area contributed by atoms with Crippen LogP contribution >= 0.6 is 0 Å². The molecule has 3 aromatic rings. The Hall–Kier alpha value is -3.78. The number of carbonyl (C=O) groups is 1. The molecule has 144 valence electrons. The predicted molar refractivity (Wildman–Crippen MR) is 107 cm³/mol. The van der Waals surface area contributed by atoms with Crippen molar-refractivity contribution in [1.82, 2.24) is 5.32 Å². The van der Waals surface area contributed by atoms with Crippen LogP contribution in [0.4, 0.5) is 4.39 Å². The lowest BCUT2D eigenvalue weighted by Crippen LogP contribution is -2.31. The first-order chi connectivity index (χ1) is 14.2. The highest BCUT2D eigenvalue weighted by molar-refractivity contribution is 5.89. The van der Waals surface area contributed by atoms with Crippen molar-refractivity contribution in [3.05, 3.63) is 89.7 Å². The largest absolute Gasteiger partial charge is 0.478 e. The molecule has 1 heterocycles. The third-order valence-corrected chi connectivity index (χ3v) is 4.55. The summed E-state index contributed by atoms with van der Waals surface area (Å²) < 4.78 is 24.7. The summed E-state index contributed by atoms with van der Waals surface area (Å²) in [7, 11) is 0. The van der Waals surface area contributed by atoms with E-state index in [1.54, 1.807) is 18.2 Å². The molecule has 1 aliphatic rings. The summed E-state index contributed by atoms with van der Waals surface area (Å²) in [6.07, 6.45) is 0. The van der Waals surface area contributed by atoms with Gasteiger partial charge in [-0.25, -0.2) is 4.39 Å². The zero-order valence-electron chi connectivity index (χ0n) is 15.5. The zero-order valence-corrected chi connectivity index (χ0v) is 15.5. The monoisotopic (exact) mass is 387 g/mol. The maximum absolute atomic E-state index is 13.5. The Kier molecular flexibility index (Phi) is 5.44. The molecule has 29 heavy (non-hydrogen) atoms. The number of fused-ring (bicyclic) bond motifs is 2. The minimum absolute atomic E-state index is 0.0414. The molecule has 0 saturated carbocycles. The van der Waals surface area contributed by atoms with E-state index in [1.165, 1.54) is 6.07 Å². The van der Waals surface area contributed by atoms with Gasteiger partial charge in [-0.05, 0) is 24.3 Å². The van der Waals surface area contributed by atoms with Crippen molar-refractivity contribution < 1.29 is 18.7 Å². The molecular formula is C24H18FNO3. The third-order valence-electron chi connectivity index (χ3n) is 4.55. The summed E-state index contributed by atoms with van der Waals surface area (Å²) in [5, 5.41) is 2.85. The number of benzene rings is 3. The Morgan fingerprint density at radius 1 is 0.931 bits per heavy atom. The molecule has 0 spiro atoms. The van der Waals surface area contributed by atoms with E-state index < -0.39 is 11.7 Å². The SMILES string of the molecule is O=C(NCC#CCOc1ccccc1F)C1c2ccccc2Oc2ccccc21. The van der Waals surface area contributed by atoms with Crippen molar-refractivity contribution >= 4 is 5.91 Å². The predicted octanol–water partition coefficient (Wildman–Crippen LogP) is 4.26. The number of halogens is 1. The lowest BCUT2D eigenvalue weighted by atomic mass is 9.87.